The molecule has 7 nitrogen and oxygen atoms in total. The Labute approximate surface area is 238 Å². The normalized spacial score (nSPS) is 12.1. The van der Waals surface area contributed by atoms with Crippen molar-refractivity contribution in [3.05, 3.63) is 93.7 Å². The summed E-state index contributed by atoms with van der Waals surface area (Å²) in [5.41, 5.74) is 1.57. The zero-order chi connectivity index (χ0) is 28.7. The zero-order valence-corrected chi connectivity index (χ0v) is 24.2. The standard InChI is InChI=1S/C28H30Cl2FN3O4S/c1-4-26(28(36)32-5-2)33(17-20-8-15-24(29)25(30)16-20)27(35)18-34(22-11-9-21(31)10-12-22)39(37,38)23-13-6-19(3)7-14-23/h6-16,26H,4-5,17-18H2,1-3H3,(H,32,36)/t26-/m0/s1. The van der Waals surface area contributed by atoms with Crippen LogP contribution in [-0.2, 0) is 26.2 Å². The number of carbonyl (C=O) groups is 2. The third-order valence-corrected chi connectivity index (χ3v) is 8.60. The van der Waals surface area contributed by atoms with Crippen molar-refractivity contribution in [1.82, 2.24) is 10.2 Å². The van der Waals surface area contributed by atoms with Gasteiger partial charge < -0.3 is 10.2 Å². The van der Waals surface area contributed by atoms with Crippen molar-refractivity contribution >= 4 is 50.7 Å². The summed E-state index contributed by atoms with van der Waals surface area (Å²) in [6.07, 6.45) is 0.278. The maximum atomic E-state index is 13.9. The molecule has 3 aromatic carbocycles. The highest BCUT2D eigenvalue weighted by molar-refractivity contribution is 7.92. The smallest absolute Gasteiger partial charge is 0.264 e. The van der Waals surface area contributed by atoms with Crippen LogP contribution in [0.25, 0.3) is 0 Å². The Bertz CT molecular complexity index is 1420. The van der Waals surface area contributed by atoms with E-state index >= 15 is 0 Å². The number of aryl methyl sites for hydroxylation is 1. The number of likely N-dealkylation sites (N-methyl/N-ethyl adjacent to an activating group) is 1. The van der Waals surface area contributed by atoms with Crippen LogP contribution < -0.4 is 9.62 Å². The summed E-state index contributed by atoms with van der Waals surface area (Å²) in [5, 5.41) is 3.35. The first-order valence-corrected chi connectivity index (χ1v) is 14.5. The summed E-state index contributed by atoms with van der Waals surface area (Å²) < 4.78 is 42.1. The largest absolute Gasteiger partial charge is 0.355 e. The van der Waals surface area contributed by atoms with Crippen molar-refractivity contribution in [3.8, 4) is 0 Å². The van der Waals surface area contributed by atoms with E-state index in [9.17, 15) is 22.4 Å². The summed E-state index contributed by atoms with van der Waals surface area (Å²) in [5.74, 6) is -1.55. The number of halogens is 3. The van der Waals surface area contributed by atoms with Gasteiger partial charge >= 0.3 is 0 Å². The summed E-state index contributed by atoms with van der Waals surface area (Å²) in [4.78, 5) is 28.1. The highest BCUT2D eigenvalue weighted by Gasteiger charge is 2.33. The van der Waals surface area contributed by atoms with Crippen molar-refractivity contribution in [2.75, 3.05) is 17.4 Å². The molecule has 3 rings (SSSR count). The molecule has 0 spiro atoms. The highest BCUT2D eigenvalue weighted by Crippen LogP contribution is 2.27. The van der Waals surface area contributed by atoms with Crippen LogP contribution in [-0.4, -0.2) is 44.3 Å². The number of hydrogen-bond acceptors (Lipinski definition) is 4. The van der Waals surface area contributed by atoms with Gasteiger partial charge in [0, 0.05) is 13.1 Å². The predicted molar refractivity (Wildman–Crippen MR) is 152 cm³/mol. The average molecular weight is 595 g/mol. The Hall–Kier alpha value is -3.14. The lowest BCUT2D eigenvalue weighted by atomic mass is 10.1. The van der Waals surface area contributed by atoms with Crippen molar-refractivity contribution in [1.29, 1.82) is 0 Å². The summed E-state index contributed by atoms with van der Waals surface area (Å²) >= 11 is 12.2. The molecular formula is C28H30Cl2FN3O4S. The molecule has 0 saturated heterocycles. The lowest BCUT2D eigenvalue weighted by molar-refractivity contribution is -0.140. The summed E-state index contributed by atoms with van der Waals surface area (Å²) in [7, 11) is -4.24. The minimum atomic E-state index is -4.24. The molecule has 3 aromatic rings. The van der Waals surface area contributed by atoms with Gasteiger partial charge in [-0.05, 0) is 74.4 Å². The first kappa shape index (κ1) is 30.4. The second-order valence-electron chi connectivity index (χ2n) is 8.89. The Morgan fingerprint density at radius 3 is 2.15 bits per heavy atom. The number of sulfonamides is 1. The molecule has 0 aliphatic heterocycles. The van der Waals surface area contributed by atoms with Crippen LogP contribution in [0.15, 0.2) is 71.6 Å². The van der Waals surface area contributed by atoms with E-state index in [4.69, 9.17) is 23.2 Å². The van der Waals surface area contributed by atoms with Crippen LogP contribution in [0.4, 0.5) is 10.1 Å². The number of nitrogens with one attached hydrogen (secondary N) is 1. The lowest BCUT2D eigenvalue weighted by Crippen LogP contribution is -2.52. The fraction of sp³-hybridized carbons (Fsp3) is 0.286. The van der Waals surface area contributed by atoms with Gasteiger partial charge in [-0.3, -0.25) is 13.9 Å². The molecule has 0 heterocycles. The molecule has 0 unspecified atom stereocenters. The van der Waals surface area contributed by atoms with Gasteiger partial charge in [0.15, 0.2) is 0 Å². The van der Waals surface area contributed by atoms with Crippen molar-refractivity contribution in [2.24, 2.45) is 0 Å². The monoisotopic (exact) mass is 593 g/mol. The molecule has 0 radical (unpaired) electrons. The molecule has 2 amide bonds. The highest BCUT2D eigenvalue weighted by atomic mass is 35.5. The molecule has 0 aliphatic carbocycles. The third kappa shape index (κ3) is 7.50. The molecule has 11 heteroatoms. The minimum Gasteiger partial charge on any atom is -0.355 e. The SMILES string of the molecule is CCNC(=O)[C@H](CC)N(Cc1ccc(Cl)c(Cl)c1)C(=O)CN(c1ccc(F)cc1)S(=O)(=O)c1ccc(C)cc1. The number of hydrogen-bond donors (Lipinski definition) is 1. The van der Waals surface area contributed by atoms with E-state index in [2.05, 4.69) is 5.32 Å². The Kier molecular flexibility index (Phi) is 10.4. The Morgan fingerprint density at radius 1 is 0.949 bits per heavy atom. The maximum absolute atomic E-state index is 13.9. The minimum absolute atomic E-state index is 0.0206. The van der Waals surface area contributed by atoms with E-state index < -0.39 is 34.3 Å². The van der Waals surface area contributed by atoms with Crippen LogP contribution in [0, 0.1) is 12.7 Å². The van der Waals surface area contributed by atoms with Crippen LogP contribution in [0.5, 0.6) is 0 Å². The number of carbonyl (C=O) groups excluding carboxylic acids is 2. The fourth-order valence-electron chi connectivity index (χ4n) is 4.02. The first-order chi connectivity index (χ1) is 18.5. The number of amides is 2. The Morgan fingerprint density at radius 2 is 1.59 bits per heavy atom. The van der Waals surface area contributed by atoms with E-state index in [1.54, 1.807) is 44.2 Å². The fourth-order valence-corrected chi connectivity index (χ4v) is 5.75. The average Bonchev–Trinajstić information content (AvgIpc) is 2.90. The summed E-state index contributed by atoms with van der Waals surface area (Å²) in [6, 6.07) is 15.0. The van der Waals surface area contributed by atoms with Gasteiger partial charge in [0.25, 0.3) is 10.0 Å². The molecule has 0 fully saturated rings. The number of benzene rings is 3. The van der Waals surface area contributed by atoms with Gasteiger partial charge in [0.2, 0.25) is 11.8 Å². The molecular weight excluding hydrogens is 564 g/mol. The van der Waals surface area contributed by atoms with Crippen molar-refractivity contribution < 1.29 is 22.4 Å². The predicted octanol–water partition coefficient (Wildman–Crippen LogP) is 5.58. The van der Waals surface area contributed by atoms with Gasteiger partial charge in [0.05, 0.1) is 20.6 Å². The van der Waals surface area contributed by atoms with E-state index in [0.29, 0.717) is 17.1 Å². The summed E-state index contributed by atoms with van der Waals surface area (Å²) in [6.45, 7) is 5.06. The van der Waals surface area contributed by atoms with Crippen LogP contribution in [0.3, 0.4) is 0 Å². The van der Waals surface area contributed by atoms with E-state index in [0.717, 1.165) is 22.0 Å². The van der Waals surface area contributed by atoms with Gasteiger partial charge in [-0.1, -0.05) is 53.9 Å². The third-order valence-electron chi connectivity index (χ3n) is 6.08. The number of rotatable bonds is 11. The number of anilines is 1. The molecule has 208 valence electrons. The van der Waals surface area contributed by atoms with E-state index in [1.165, 1.54) is 29.2 Å². The number of nitrogens with zero attached hydrogens (tertiary/aromatic N) is 2. The molecule has 1 N–H and O–H groups in total. The van der Waals surface area contributed by atoms with Crippen LogP contribution in [0.2, 0.25) is 10.0 Å². The van der Waals surface area contributed by atoms with Gasteiger partial charge in [-0.15, -0.1) is 0 Å². The zero-order valence-electron chi connectivity index (χ0n) is 21.8. The van der Waals surface area contributed by atoms with E-state index in [-0.39, 0.29) is 34.5 Å². The molecule has 0 saturated carbocycles. The van der Waals surface area contributed by atoms with Gasteiger partial charge in [-0.2, -0.15) is 0 Å². The molecule has 0 aromatic heterocycles. The topological polar surface area (TPSA) is 86.8 Å². The van der Waals surface area contributed by atoms with Gasteiger partial charge in [0.1, 0.15) is 18.4 Å². The first-order valence-electron chi connectivity index (χ1n) is 12.3. The second kappa shape index (κ2) is 13.3. The molecule has 0 bridgehead atoms. The van der Waals surface area contributed by atoms with Gasteiger partial charge in [-0.25, -0.2) is 12.8 Å². The molecule has 39 heavy (non-hydrogen) atoms. The van der Waals surface area contributed by atoms with Crippen molar-refractivity contribution in [2.45, 2.75) is 44.7 Å². The van der Waals surface area contributed by atoms with Crippen molar-refractivity contribution in [3.63, 3.8) is 0 Å². The maximum Gasteiger partial charge on any atom is 0.264 e. The molecule has 1 atom stereocenters. The Balaban J connectivity index is 2.06. The van der Waals surface area contributed by atoms with E-state index in [1.807, 2.05) is 6.92 Å². The molecule has 0 aliphatic rings. The van der Waals surface area contributed by atoms with Crippen LogP contribution in [0.1, 0.15) is 31.4 Å². The quantitative estimate of drug-likeness (QED) is 0.314. The van der Waals surface area contributed by atoms with Crippen LogP contribution >= 0.6 is 23.2 Å². The second-order valence-corrected chi connectivity index (χ2v) is 11.6. The lowest BCUT2D eigenvalue weighted by Gasteiger charge is -2.33.